The molecule has 7 nitrogen and oxygen atoms in total. The summed E-state index contributed by atoms with van der Waals surface area (Å²) in [5.74, 6) is -0.0889. The lowest BCUT2D eigenvalue weighted by Gasteiger charge is -2.25. The highest BCUT2D eigenvalue weighted by Gasteiger charge is 2.25. The summed E-state index contributed by atoms with van der Waals surface area (Å²) >= 11 is 1.39. The lowest BCUT2D eigenvalue weighted by Crippen LogP contribution is -2.35. The maximum absolute atomic E-state index is 12.9. The third kappa shape index (κ3) is 2.97. The normalized spacial score (nSPS) is 16.6. The zero-order chi connectivity index (χ0) is 19.1. The monoisotopic (exact) mass is 395 g/mol. The van der Waals surface area contributed by atoms with Crippen LogP contribution in [0.3, 0.4) is 0 Å². The molecule has 0 bridgehead atoms. The minimum Gasteiger partial charge on any atom is -0.348 e. The zero-order valence-corrected chi connectivity index (χ0v) is 16.3. The number of rotatable bonds is 3. The van der Waals surface area contributed by atoms with Gasteiger partial charge in [0.15, 0.2) is 10.8 Å². The van der Waals surface area contributed by atoms with Crippen molar-refractivity contribution in [1.29, 1.82) is 0 Å². The van der Waals surface area contributed by atoms with Gasteiger partial charge in [-0.15, -0.1) is 0 Å². The molecule has 3 aromatic rings. The van der Waals surface area contributed by atoms with Gasteiger partial charge in [0.05, 0.1) is 0 Å². The van der Waals surface area contributed by atoms with Gasteiger partial charge in [-0.1, -0.05) is 29.5 Å². The highest BCUT2D eigenvalue weighted by atomic mass is 32.1. The van der Waals surface area contributed by atoms with Crippen molar-refractivity contribution in [3.8, 4) is 0 Å². The minimum absolute atomic E-state index is 0.00689. The Labute approximate surface area is 166 Å². The predicted octanol–water partition coefficient (Wildman–Crippen LogP) is 2.43. The number of hydrogen-bond acceptors (Lipinski definition) is 6. The molecule has 0 unspecified atom stereocenters. The van der Waals surface area contributed by atoms with E-state index in [1.165, 1.54) is 34.2 Å². The SMILES string of the molecule is O=C(Cn1cnc2nc(N3CCCCC3)sc2c1=O)N1CCc2ccccc21. The van der Waals surface area contributed by atoms with Crippen molar-refractivity contribution in [2.45, 2.75) is 32.2 Å². The number of benzene rings is 1. The van der Waals surface area contributed by atoms with Gasteiger partial charge in [-0.2, -0.15) is 4.98 Å². The minimum atomic E-state index is -0.188. The smallest absolute Gasteiger partial charge is 0.273 e. The number of nitrogens with zero attached hydrogens (tertiary/aromatic N) is 5. The Morgan fingerprint density at radius 3 is 2.79 bits per heavy atom. The number of hydrogen-bond donors (Lipinski definition) is 0. The first-order valence-electron chi connectivity index (χ1n) is 9.70. The molecule has 0 N–H and O–H groups in total. The van der Waals surface area contributed by atoms with Crippen molar-refractivity contribution in [3.63, 3.8) is 0 Å². The molecule has 1 amide bonds. The van der Waals surface area contributed by atoms with E-state index >= 15 is 0 Å². The van der Waals surface area contributed by atoms with E-state index in [2.05, 4.69) is 14.9 Å². The van der Waals surface area contributed by atoms with E-state index in [1.807, 2.05) is 24.3 Å². The molecule has 0 saturated carbocycles. The maximum Gasteiger partial charge on any atom is 0.273 e. The molecular formula is C20H21N5O2S. The van der Waals surface area contributed by atoms with E-state index in [-0.39, 0.29) is 18.0 Å². The molecule has 4 heterocycles. The van der Waals surface area contributed by atoms with Crippen LogP contribution in [0, 0.1) is 0 Å². The Bertz CT molecular complexity index is 1100. The summed E-state index contributed by atoms with van der Waals surface area (Å²) in [7, 11) is 0. The van der Waals surface area contributed by atoms with Crippen LogP contribution in [0.15, 0.2) is 35.4 Å². The lowest BCUT2D eigenvalue weighted by molar-refractivity contribution is -0.119. The van der Waals surface area contributed by atoms with Gasteiger partial charge in [0, 0.05) is 25.3 Å². The van der Waals surface area contributed by atoms with E-state index in [9.17, 15) is 9.59 Å². The molecule has 5 rings (SSSR count). The molecule has 144 valence electrons. The number of fused-ring (bicyclic) bond motifs is 2. The summed E-state index contributed by atoms with van der Waals surface area (Å²) in [6.07, 6.45) is 5.85. The van der Waals surface area contributed by atoms with Gasteiger partial charge in [0.2, 0.25) is 5.91 Å². The highest BCUT2D eigenvalue weighted by Crippen LogP contribution is 2.29. The van der Waals surface area contributed by atoms with Crippen LogP contribution in [0.2, 0.25) is 0 Å². The van der Waals surface area contributed by atoms with Crippen molar-refractivity contribution in [2.75, 3.05) is 29.4 Å². The number of piperidine rings is 1. The molecule has 2 aliphatic rings. The molecule has 0 aliphatic carbocycles. The molecule has 0 atom stereocenters. The van der Waals surface area contributed by atoms with Crippen LogP contribution < -0.4 is 15.4 Å². The highest BCUT2D eigenvalue weighted by molar-refractivity contribution is 7.22. The molecule has 0 radical (unpaired) electrons. The van der Waals surface area contributed by atoms with Crippen LogP contribution in [0.5, 0.6) is 0 Å². The Morgan fingerprint density at radius 2 is 1.93 bits per heavy atom. The standard InChI is InChI=1S/C20H21N5O2S/c26-16(25-11-8-14-6-2-3-7-15(14)25)12-24-13-21-18-17(19(24)27)28-20(22-18)23-9-4-1-5-10-23/h2-3,6-7,13H,1,4-5,8-12H2. The number of para-hydroxylation sites is 1. The maximum atomic E-state index is 12.9. The van der Waals surface area contributed by atoms with Gasteiger partial charge >= 0.3 is 0 Å². The fourth-order valence-electron chi connectivity index (χ4n) is 4.00. The molecule has 1 saturated heterocycles. The molecule has 1 fully saturated rings. The van der Waals surface area contributed by atoms with Crippen molar-refractivity contribution < 1.29 is 4.79 Å². The number of thiazole rings is 1. The summed E-state index contributed by atoms with van der Waals surface area (Å²) in [5.41, 5.74) is 2.41. The molecular weight excluding hydrogens is 374 g/mol. The third-order valence-corrected chi connectivity index (χ3v) is 6.59. The Balaban J connectivity index is 1.41. The second-order valence-electron chi connectivity index (χ2n) is 7.30. The second kappa shape index (κ2) is 7.01. The molecule has 2 aliphatic heterocycles. The summed E-state index contributed by atoms with van der Waals surface area (Å²) < 4.78 is 1.93. The van der Waals surface area contributed by atoms with Crippen LogP contribution >= 0.6 is 11.3 Å². The molecule has 2 aromatic heterocycles. The largest absolute Gasteiger partial charge is 0.348 e. The van der Waals surface area contributed by atoms with Crippen LogP contribution in [0.4, 0.5) is 10.8 Å². The van der Waals surface area contributed by atoms with Crippen molar-refractivity contribution in [1.82, 2.24) is 14.5 Å². The van der Waals surface area contributed by atoms with E-state index in [1.54, 1.807) is 4.90 Å². The Morgan fingerprint density at radius 1 is 1.11 bits per heavy atom. The van der Waals surface area contributed by atoms with Crippen LogP contribution in [-0.2, 0) is 17.8 Å². The first-order valence-corrected chi connectivity index (χ1v) is 10.5. The van der Waals surface area contributed by atoms with E-state index in [4.69, 9.17) is 0 Å². The summed E-state index contributed by atoms with van der Waals surface area (Å²) in [5, 5.41) is 0.858. The first-order chi connectivity index (χ1) is 13.7. The first kappa shape index (κ1) is 17.4. The average Bonchev–Trinajstić information content (AvgIpc) is 3.35. The molecule has 8 heteroatoms. The Hall–Kier alpha value is -2.74. The number of carbonyl (C=O) groups excluding carboxylic acids is 1. The summed E-state index contributed by atoms with van der Waals surface area (Å²) in [6, 6.07) is 7.92. The molecule has 0 spiro atoms. The number of aromatic nitrogens is 3. The van der Waals surface area contributed by atoms with Gasteiger partial charge in [-0.25, -0.2) is 4.98 Å². The van der Waals surface area contributed by atoms with Gasteiger partial charge in [0.25, 0.3) is 5.56 Å². The van der Waals surface area contributed by atoms with Crippen LogP contribution in [0.1, 0.15) is 24.8 Å². The van der Waals surface area contributed by atoms with Gasteiger partial charge in [-0.3, -0.25) is 14.2 Å². The van der Waals surface area contributed by atoms with Crippen molar-refractivity contribution in [2.24, 2.45) is 0 Å². The van der Waals surface area contributed by atoms with E-state index in [0.717, 1.165) is 43.2 Å². The number of anilines is 2. The average molecular weight is 395 g/mol. The summed E-state index contributed by atoms with van der Waals surface area (Å²) in [4.78, 5) is 38.6. The van der Waals surface area contributed by atoms with Crippen LogP contribution in [-0.4, -0.2) is 40.1 Å². The van der Waals surface area contributed by atoms with Crippen molar-refractivity contribution in [3.05, 3.63) is 46.5 Å². The van der Waals surface area contributed by atoms with Crippen LogP contribution in [0.25, 0.3) is 10.3 Å². The lowest BCUT2D eigenvalue weighted by atomic mass is 10.1. The summed E-state index contributed by atoms with van der Waals surface area (Å²) in [6.45, 7) is 2.59. The van der Waals surface area contributed by atoms with Gasteiger partial charge in [-0.05, 0) is 37.3 Å². The molecule has 1 aromatic carbocycles. The fourth-order valence-corrected chi connectivity index (χ4v) is 5.02. The quantitative estimate of drug-likeness (QED) is 0.681. The fraction of sp³-hybridized carbons (Fsp3) is 0.400. The number of amides is 1. The van der Waals surface area contributed by atoms with E-state index in [0.29, 0.717) is 16.9 Å². The van der Waals surface area contributed by atoms with Crippen molar-refractivity contribution >= 4 is 38.4 Å². The molecule has 28 heavy (non-hydrogen) atoms. The second-order valence-corrected chi connectivity index (χ2v) is 8.28. The Kier molecular flexibility index (Phi) is 4.35. The topological polar surface area (TPSA) is 71.3 Å². The predicted molar refractivity (Wildman–Crippen MR) is 110 cm³/mol. The number of carbonyl (C=O) groups is 1. The van der Waals surface area contributed by atoms with Gasteiger partial charge < -0.3 is 9.80 Å². The third-order valence-electron chi connectivity index (χ3n) is 5.49. The van der Waals surface area contributed by atoms with E-state index < -0.39 is 0 Å². The zero-order valence-electron chi connectivity index (χ0n) is 15.5. The van der Waals surface area contributed by atoms with Gasteiger partial charge in [0.1, 0.15) is 17.6 Å².